The maximum absolute atomic E-state index is 11.0. The van der Waals surface area contributed by atoms with E-state index < -0.39 is 11.9 Å². The van der Waals surface area contributed by atoms with Crippen molar-refractivity contribution in [3.05, 3.63) is 77.4 Å². The summed E-state index contributed by atoms with van der Waals surface area (Å²) in [4.78, 5) is 11.0. The van der Waals surface area contributed by atoms with E-state index in [1.165, 1.54) is 5.56 Å². The lowest BCUT2D eigenvalue weighted by Crippen LogP contribution is -2.07. The molecule has 1 aliphatic rings. The van der Waals surface area contributed by atoms with E-state index in [9.17, 15) is 4.79 Å². The Kier molecular flexibility index (Phi) is 7.93. The number of carboxylic acids is 1. The minimum Gasteiger partial charge on any atom is -0.491 e. The van der Waals surface area contributed by atoms with Gasteiger partial charge in [-0.15, -0.1) is 0 Å². The number of rotatable bonds is 12. The molecule has 1 N–H and O–H groups in total. The van der Waals surface area contributed by atoms with Crippen molar-refractivity contribution < 1.29 is 28.8 Å². The van der Waals surface area contributed by atoms with E-state index in [-0.39, 0.29) is 6.10 Å². The molecule has 1 unspecified atom stereocenters. The molecule has 0 aliphatic heterocycles. The average molecular weight is 477 g/mol. The van der Waals surface area contributed by atoms with Crippen LogP contribution >= 0.6 is 0 Å². The Hall–Kier alpha value is -3.51. The summed E-state index contributed by atoms with van der Waals surface area (Å²) in [5.41, 5.74) is 5.68. The molecule has 0 radical (unpaired) electrons. The summed E-state index contributed by atoms with van der Waals surface area (Å²) in [6.07, 6.45) is 0.291. The van der Waals surface area contributed by atoms with Crippen molar-refractivity contribution in [3.63, 3.8) is 0 Å². The number of benzene rings is 3. The summed E-state index contributed by atoms with van der Waals surface area (Å²) < 4.78 is 23.0. The first-order chi connectivity index (χ1) is 16.9. The fraction of sp³-hybridized carbons (Fsp3) is 0.345. The second-order valence-electron chi connectivity index (χ2n) is 8.78. The molecular formula is C29H32O6. The van der Waals surface area contributed by atoms with Crippen molar-refractivity contribution in [2.45, 2.75) is 39.9 Å². The van der Waals surface area contributed by atoms with Gasteiger partial charge >= 0.3 is 5.97 Å². The van der Waals surface area contributed by atoms with E-state index in [0.29, 0.717) is 44.3 Å². The minimum absolute atomic E-state index is 0.257. The molecule has 1 fully saturated rings. The highest BCUT2D eigenvalue weighted by Crippen LogP contribution is 2.36. The van der Waals surface area contributed by atoms with E-state index >= 15 is 0 Å². The van der Waals surface area contributed by atoms with Crippen molar-refractivity contribution in [1.29, 1.82) is 0 Å². The van der Waals surface area contributed by atoms with Crippen LogP contribution in [0.25, 0.3) is 11.1 Å². The van der Waals surface area contributed by atoms with Crippen molar-refractivity contribution in [2.75, 3.05) is 19.8 Å². The summed E-state index contributed by atoms with van der Waals surface area (Å²) in [7, 11) is 0. The fourth-order valence-electron chi connectivity index (χ4n) is 4.18. The molecule has 184 valence electrons. The van der Waals surface area contributed by atoms with Crippen molar-refractivity contribution in [3.8, 4) is 28.4 Å². The Morgan fingerprint density at radius 2 is 1.66 bits per heavy atom. The second kappa shape index (κ2) is 11.3. The predicted octanol–water partition coefficient (Wildman–Crippen LogP) is 5.82. The molecule has 4 rings (SSSR count). The zero-order valence-corrected chi connectivity index (χ0v) is 20.5. The number of hydrogen-bond donors (Lipinski definition) is 1. The lowest BCUT2D eigenvalue weighted by molar-refractivity contribution is -0.139. The Morgan fingerprint density at radius 3 is 2.37 bits per heavy atom. The number of hydrogen-bond acceptors (Lipinski definition) is 5. The smallest absolute Gasteiger partial charge is 0.310 e. The molecule has 6 nitrogen and oxygen atoms in total. The van der Waals surface area contributed by atoms with Crippen LogP contribution in [0.1, 0.15) is 30.0 Å². The monoisotopic (exact) mass is 476 g/mol. The van der Waals surface area contributed by atoms with Gasteiger partial charge in [0.15, 0.2) is 0 Å². The molecule has 0 saturated heterocycles. The maximum atomic E-state index is 11.0. The highest BCUT2D eigenvalue weighted by molar-refractivity contribution is 5.74. The standard InChI is InChI=1S/C29H32O6/c1-4-32-11-12-33-25-13-19(2)28(20(3)14-25)22-8-5-7-21(15-22)18-34-23-9-6-10-24(16-23)35-27-17-26(27)29(30)31/h5-10,13-16,26-27H,4,11-12,17-18H2,1-3H3,(H,30,31)/t26?,27-/m1/s1. The third-order valence-corrected chi connectivity index (χ3v) is 5.97. The number of aryl methyl sites for hydroxylation is 2. The summed E-state index contributed by atoms with van der Waals surface area (Å²) >= 11 is 0. The first-order valence-corrected chi connectivity index (χ1v) is 12.0. The summed E-state index contributed by atoms with van der Waals surface area (Å²) in [6, 6.07) is 19.8. The Labute approximate surface area is 206 Å². The molecule has 0 aromatic heterocycles. The van der Waals surface area contributed by atoms with E-state index in [1.54, 1.807) is 6.07 Å². The maximum Gasteiger partial charge on any atom is 0.310 e. The van der Waals surface area contributed by atoms with Crippen LogP contribution in [0.2, 0.25) is 0 Å². The zero-order valence-electron chi connectivity index (χ0n) is 20.5. The first-order valence-electron chi connectivity index (χ1n) is 12.0. The second-order valence-corrected chi connectivity index (χ2v) is 8.78. The molecule has 0 amide bonds. The van der Waals surface area contributed by atoms with Gasteiger partial charge in [-0.2, -0.15) is 0 Å². The summed E-state index contributed by atoms with van der Waals surface area (Å²) in [5, 5.41) is 9.06. The van der Waals surface area contributed by atoms with Gasteiger partial charge in [-0.05, 0) is 78.9 Å². The largest absolute Gasteiger partial charge is 0.491 e. The van der Waals surface area contributed by atoms with Crippen LogP contribution in [0.5, 0.6) is 17.2 Å². The van der Waals surface area contributed by atoms with Gasteiger partial charge in [-0.1, -0.05) is 24.3 Å². The Bertz CT molecular complexity index is 1150. The molecule has 0 bridgehead atoms. The van der Waals surface area contributed by atoms with Gasteiger partial charge in [-0.3, -0.25) is 4.79 Å². The van der Waals surface area contributed by atoms with E-state index in [4.69, 9.17) is 24.1 Å². The van der Waals surface area contributed by atoms with Crippen LogP contribution < -0.4 is 14.2 Å². The van der Waals surface area contributed by atoms with Crippen molar-refractivity contribution in [1.82, 2.24) is 0 Å². The van der Waals surface area contributed by atoms with Gasteiger partial charge in [0.25, 0.3) is 0 Å². The molecule has 1 aliphatic carbocycles. The van der Waals surface area contributed by atoms with Crippen molar-refractivity contribution >= 4 is 5.97 Å². The Balaban J connectivity index is 1.40. The number of carboxylic acid groups (broad SMARTS) is 1. The minimum atomic E-state index is -0.809. The molecule has 35 heavy (non-hydrogen) atoms. The summed E-state index contributed by atoms with van der Waals surface area (Å²) in [6.45, 7) is 8.38. The van der Waals surface area contributed by atoms with Gasteiger partial charge < -0.3 is 24.1 Å². The van der Waals surface area contributed by atoms with Gasteiger partial charge in [0.05, 0.1) is 12.5 Å². The van der Waals surface area contributed by atoms with Crippen molar-refractivity contribution in [2.24, 2.45) is 5.92 Å². The first kappa shape index (κ1) is 24.6. The van der Waals surface area contributed by atoms with Gasteiger partial charge in [0, 0.05) is 19.1 Å². The summed E-state index contributed by atoms with van der Waals surface area (Å²) in [5.74, 6) is 0.938. The topological polar surface area (TPSA) is 74.2 Å². The van der Waals surface area contributed by atoms with E-state index in [0.717, 1.165) is 28.0 Å². The molecule has 3 aromatic rings. The third kappa shape index (κ3) is 6.55. The van der Waals surface area contributed by atoms with Crippen LogP contribution in [0, 0.1) is 19.8 Å². The van der Waals surface area contributed by atoms with Crippen LogP contribution in [0.4, 0.5) is 0 Å². The van der Waals surface area contributed by atoms with Crippen LogP contribution in [0.3, 0.4) is 0 Å². The van der Waals surface area contributed by atoms with Gasteiger partial charge in [0.1, 0.15) is 36.6 Å². The highest BCUT2D eigenvalue weighted by Gasteiger charge is 2.45. The SMILES string of the molecule is CCOCCOc1cc(C)c(-c2cccc(COc3cccc(O[C@@H]4CC4C(=O)O)c3)c2)c(C)c1. The number of aliphatic carboxylic acids is 1. The Morgan fingerprint density at radius 1 is 0.914 bits per heavy atom. The number of ether oxygens (including phenoxy) is 4. The lowest BCUT2D eigenvalue weighted by Gasteiger charge is -2.15. The van der Waals surface area contributed by atoms with Crippen LogP contribution in [-0.4, -0.2) is 37.0 Å². The molecule has 0 heterocycles. The van der Waals surface area contributed by atoms with Gasteiger partial charge in [-0.25, -0.2) is 0 Å². The molecular weight excluding hydrogens is 444 g/mol. The molecule has 0 spiro atoms. The highest BCUT2D eigenvalue weighted by atomic mass is 16.5. The average Bonchev–Trinajstić information content (AvgIpc) is 3.60. The van der Waals surface area contributed by atoms with Crippen LogP contribution in [0.15, 0.2) is 60.7 Å². The predicted molar refractivity (Wildman–Crippen MR) is 134 cm³/mol. The van der Waals surface area contributed by atoms with E-state index in [2.05, 4.69) is 38.1 Å². The molecule has 2 atom stereocenters. The lowest BCUT2D eigenvalue weighted by atomic mass is 9.94. The molecule has 3 aromatic carbocycles. The quantitative estimate of drug-likeness (QED) is 0.332. The normalized spacial score (nSPS) is 16.5. The third-order valence-electron chi connectivity index (χ3n) is 5.97. The molecule has 6 heteroatoms. The van der Waals surface area contributed by atoms with E-state index in [1.807, 2.05) is 37.3 Å². The van der Waals surface area contributed by atoms with Crippen LogP contribution in [-0.2, 0) is 16.1 Å². The van der Waals surface area contributed by atoms with Gasteiger partial charge in [0.2, 0.25) is 0 Å². The fourth-order valence-corrected chi connectivity index (χ4v) is 4.18. The zero-order chi connectivity index (χ0) is 24.8. The molecule has 1 saturated carbocycles. The number of carbonyl (C=O) groups is 1.